The summed E-state index contributed by atoms with van der Waals surface area (Å²) in [6.45, 7) is 3.87. The number of halogens is 1. The maximum atomic E-state index is 11.0. The molecule has 1 atom stereocenters. The first-order valence-corrected chi connectivity index (χ1v) is 9.22. The minimum Gasteiger partial charge on any atom is -0.497 e. The number of para-hydroxylation sites is 2. The maximum absolute atomic E-state index is 11.0. The third kappa shape index (κ3) is 6.22. The van der Waals surface area contributed by atoms with Crippen molar-refractivity contribution in [2.24, 2.45) is 0 Å². The summed E-state index contributed by atoms with van der Waals surface area (Å²) in [7, 11) is 1.65. The van der Waals surface area contributed by atoms with E-state index in [2.05, 4.69) is 9.80 Å². The molecule has 2 aromatic carbocycles. The number of nitrogens with zero attached hydrogens (tertiary/aromatic N) is 3. The normalized spacial score (nSPS) is 15.3. The Morgan fingerprint density at radius 3 is 2.38 bits per heavy atom. The first-order chi connectivity index (χ1) is 13.6. The second-order valence-corrected chi connectivity index (χ2v) is 6.68. The molecule has 2 aromatic rings. The zero-order chi connectivity index (χ0) is 19.9. The van der Waals surface area contributed by atoms with E-state index in [9.17, 15) is 15.2 Å². The van der Waals surface area contributed by atoms with Gasteiger partial charge in [0.1, 0.15) is 18.5 Å². The molecule has 0 bridgehead atoms. The smallest absolute Gasteiger partial charge is 0.310 e. The van der Waals surface area contributed by atoms with Gasteiger partial charge in [-0.05, 0) is 30.3 Å². The number of hydrogen-bond acceptors (Lipinski definition) is 7. The fourth-order valence-electron chi connectivity index (χ4n) is 3.25. The third-order valence-electron chi connectivity index (χ3n) is 4.77. The van der Waals surface area contributed by atoms with Gasteiger partial charge in [-0.1, -0.05) is 12.1 Å². The van der Waals surface area contributed by atoms with Crippen molar-refractivity contribution in [3.63, 3.8) is 0 Å². The molecule has 9 heteroatoms. The molecule has 1 heterocycles. The van der Waals surface area contributed by atoms with E-state index in [4.69, 9.17) is 9.47 Å². The minimum absolute atomic E-state index is 0. The lowest BCUT2D eigenvalue weighted by atomic mass is 10.2. The van der Waals surface area contributed by atoms with Gasteiger partial charge in [0.2, 0.25) is 0 Å². The summed E-state index contributed by atoms with van der Waals surface area (Å²) < 4.78 is 10.7. The van der Waals surface area contributed by atoms with Crippen molar-refractivity contribution in [3.8, 4) is 11.5 Å². The van der Waals surface area contributed by atoms with Crippen LogP contribution in [0.15, 0.2) is 48.5 Å². The van der Waals surface area contributed by atoms with Crippen LogP contribution in [-0.4, -0.2) is 67.5 Å². The largest absolute Gasteiger partial charge is 0.497 e. The summed E-state index contributed by atoms with van der Waals surface area (Å²) >= 11 is 0. The lowest BCUT2D eigenvalue weighted by molar-refractivity contribution is -0.385. The van der Waals surface area contributed by atoms with E-state index in [1.165, 1.54) is 6.07 Å². The van der Waals surface area contributed by atoms with E-state index in [0.717, 1.165) is 37.6 Å². The van der Waals surface area contributed by atoms with Gasteiger partial charge >= 0.3 is 5.69 Å². The van der Waals surface area contributed by atoms with Crippen molar-refractivity contribution in [2.75, 3.05) is 51.3 Å². The van der Waals surface area contributed by atoms with Gasteiger partial charge in [0.25, 0.3) is 0 Å². The Kier molecular flexibility index (Phi) is 8.50. The van der Waals surface area contributed by atoms with E-state index in [1.807, 2.05) is 24.3 Å². The Balaban J connectivity index is 0.00000300. The van der Waals surface area contributed by atoms with Crippen LogP contribution in [0.2, 0.25) is 0 Å². The standard InChI is InChI=1S/C20H25N3O5.ClH/c1-27-18-8-6-16(7-9-18)22-12-10-21(11-13-22)14-17(24)15-28-20-5-3-2-4-19(20)23(25)26;/h2-9,17,24H,10-15H2,1H3;1H. The number of ether oxygens (including phenoxy) is 2. The number of β-amino-alcohol motifs (C(OH)–C–C–N with tert-alkyl or cyclic N) is 1. The van der Waals surface area contributed by atoms with Gasteiger partial charge in [0, 0.05) is 44.5 Å². The monoisotopic (exact) mass is 423 g/mol. The highest BCUT2D eigenvalue weighted by atomic mass is 35.5. The lowest BCUT2D eigenvalue weighted by Gasteiger charge is -2.36. The number of hydrogen-bond donors (Lipinski definition) is 1. The van der Waals surface area contributed by atoms with Gasteiger partial charge in [0.05, 0.1) is 12.0 Å². The maximum Gasteiger partial charge on any atom is 0.310 e. The van der Waals surface area contributed by atoms with E-state index in [-0.39, 0.29) is 30.5 Å². The minimum atomic E-state index is -0.715. The van der Waals surface area contributed by atoms with Gasteiger partial charge < -0.3 is 19.5 Å². The first kappa shape index (κ1) is 22.7. The topological polar surface area (TPSA) is 88.3 Å². The van der Waals surface area contributed by atoms with Crippen molar-refractivity contribution < 1.29 is 19.5 Å². The fourth-order valence-corrected chi connectivity index (χ4v) is 3.25. The second-order valence-electron chi connectivity index (χ2n) is 6.68. The predicted octanol–water partition coefficient (Wildman–Crippen LogP) is 2.59. The Hall–Kier alpha value is -2.55. The molecule has 1 saturated heterocycles. The van der Waals surface area contributed by atoms with Crippen LogP contribution in [-0.2, 0) is 0 Å². The Morgan fingerprint density at radius 1 is 1.10 bits per heavy atom. The highest BCUT2D eigenvalue weighted by molar-refractivity contribution is 5.85. The number of aliphatic hydroxyl groups excluding tert-OH is 1. The van der Waals surface area contributed by atoms with Gasteiger partial charge in [0.15, 0.2) is 5.75 Å². The summed E-state index contributed by atoms with van der Waals surface area (Å²) in [4.78, 5) is 15.0. The van der Waals surface area contributed by atoms with Crippen LogP contribution in [0.5, 0.6) is 11.5 Å². The van der Waals surface area contributed by atoms with Crippen LogP contribution < -0.4 is 14.4 Å². The Morgan fingerprint density at radius 2 is 1.76 bits per heavy atom. The number of piperazine rings is 1. The number of methoxy groups -OCH3 is 1. The van der Waals surface area contributed by atoms with Crippen molar-refractivity contribution in [1.82, 2.24) is 4.90 Å². The fraction of sp³-hybridized carbons (Fsp3) is 0.400. The highest BCUT2D eigenvalue weighted by Crippen LogP contribution is 2.26. The molecule has 0 aliphatic carbocycles. The van der Waals surface area contributed by atoms with Crippen LogP contribution >= 0.6 is 12.4 Å². The van der Waals surface area contributed by atoms with Crippen LogP contribution in [0, 0.1) is 10.1 Å². The number of aliphatic hydroxyl groups is 1. The van der Waals surface area contributed by atoms with Gasteiger partial charge in [-0.3, -0.25) is 15.0 Å². The molecule has 0 saturated carbocycles. The summed E-state index contributed by atoms with van der Waals surface area (Å²) in [5.41, 5.74) is 1.06. The molecule has 1 fully saturated rings. The molecule has 29 heavy (non-hydrogen) atoms. The molecule has 0 spiro atoms. The van der Waals surface area contributed by atoms with Gasteiger partial charge in [-0.2, -0.15) is 0 Å². The number of benzene rings is 2. The van der Waals surface area contributed by atoms with Crippen molar-refractivity contribution in [1.29, 1.82) is 0 Å². The number of nitro benzene ring substituents is 1. The van der Waals surface area contributed by atoms with Crippen molar-refractivity contribution >= 4 is 23.8 Å². The average Bonchev–Trinajstić information content (AvgIpc) is 2.73. The Bertz CT molecular complexity index is 782. The molecular formula is C20H26ClN3O5. The van der Waals surface area contributed by atoms with Crippen LogP contribution in [0.1, 0.15) is 0 Å². The summed E-state index contributed by atoms with van der Waals surface area (Å²) in [5.74, 6) is 1.01. The zero-order valence-corrected chi connectivity index (χ0v) is 17.1. The second kappa shape index (κ2) is 10.8. The summed E-state index contributed by atoms with van der Waals surface area (Å²) in [5, 5.41) is 21.3. The molecule has 3 rings (SSSR count). The molecule has 1 N–H and O–H groups in total. The molecule has 8 nitrogen and oxygen atoms in total. The SMILES string of the molecule is COc1ccc(N2CCN(CC(O)COc3ccccc3[N+](=O)[O-])CC2)cc1.Cl. The number of rotatable bonds is 8. The molecule has 0 radical (unpaired) electrons. The van der Waals surface area contributed by atoms with E-state index in [1.54, 1.807) is 25.3 Å². The molecule has 0 aromatic heterocycles. The molecule has 1 unspecified atom stereocenters. The lowest BCUT2D eigenvalue weighted by Crippen LogP contribution is -2.49. The molecule has 158 valence electrons. The first-order valence-electron chi connectivity index (χ1n) is 9.22. The molecule has 1 aliphatic heterocycles. The van der Waals surface area contributed by atoms with Crippen molar-refractivity contribution in [2.45, 2.75) is 6.10 Å². The van der Waals surface area contributed by atoms with Crippen LogP contribution in [0.25, 0.3) is 0 Å². The van der Waals surface area contributed by atoms with Gasteiger partial charge in [-0.15, -0.1) is 12.4 Å². The molecule has 0 amide bonds. The average molecular weight is 424 g/mol. The van der Waals surface area contributed by atoms with Crippen LogP contribution in [0.3, 0.4) is 0 Å². The molecule has 1 aliphatic rings. The van der Waals surface area contributed by atoms with Gasteiger partial charge in [-0.25, -0.2) is 0 Å². The number of anilines is 1. The van der Waals surface area contributed by atoms with E-state index >= 15 is 0 Å². The van der Waals surface area contributed by atoms with E-state index in [0.29, 0.717) is 6.54 Å². The van der Waals surface area contributed by atoms with Crippen molar-refractivity contribution in [3.05, 3.63) is 58.6 Å². The summed E-state index contributed by atoms with van der Waals surface area (Å²) in [6, 6.07) is 14.2. The number of nitro groups is 1. The van der Waals surface area contributed by atoms with E-state index < -0.39 is 11.0 Å². The van der Waals surface area contributed by atoms with Crippen LogP contribution in [0.4, 0.5) is 11.4 Å². The Labute approximate surface area is 176 Å². The zero-order valence-electron chi connectivity index (χ0n) is 16.3. The third-order valence-corrected chi connectivity index (χ3v) is 4.77. The molecular weight excluding hydrogens is 398 g/mol. The predicted molar refractivity (Wildman–Crippen MR) is 113 cm³/mol. The quantitative estimate of drug-likeness (QED) is 0.515. The summed E-state index contributed by atoms with van der Waals surface area (Å²) in [6.07, 6.45) is -0.715. The highest BCUT2D eigenvalue weighted by Gasteiger charge is 2.21.